The van der Waals surface area contributed by atoms with E-state index in [1.165, 1.54) is 19.2 Å². The summed E-state index contributed by atoms with van der Waals surface area (Å²) in [5.74, 6) is -0.447. The quantitative estimate of drug-likeness (QED) is 0.569. The van der Waals surface area contributed by atoms with E-state index in [4.69, 9.17) is 0 Å². The van der Waals surface area contributed by atoms with Crippen molar-refractivity contribution in [3.63, 3.8) is 0 Å². The van der Waals surface area contributed by atoms with E-state index in [1.54, 1.807) is 13.0 Å². The fourth-order valence-electron chi connectivity index (χ4n) is 1.12. The number of nitro groups is 1. The van der Waals surface area contributed by atoms with Crippen LogP contribution >= 0.6 is 0 Å². The zero-order valence-corrected chi connectivity index (χ0v) is 7.90. The number of benzene rings is 1. The molecule has 1 N–H and O–H groups in total. The highest BCUT2D eigenvalue weighted by Gasteiger charge is 2.18. The Labute approximate surface area is 80.9 Å². The van der Waals surface area contributed by atoms with Crippen LogP contribution in [0.15, 0.2) is 18.2 Å². The number of rotatable bonds is 2. The number of nitrogens with one attached hydrogen (secondary N) is 1. The highest BCUT2D eigenvalue weighted by Crippen LogP contribution is 2.19. The molecular weight excluding hydrogens is 184 g/mol. The molecule has 5 heteroatoms. The molecule has 1 aromatic carbocycles. The third-order valence-electron chi connectivity index (χ3n) is 1.82. The third-order valence-corrected chi connectivity index (χ3v) is 1.82. The van der Waals surface area contributed by atoms with Crippen LogP contribution in [0.2, 0.25) is 0 Å². The lowest BCUT2D eigenvalue weighted by Gasteiger charge is -2.01. The Kier molecular flexibility index (Phi) is 2.81. The lowest BCUT2D eigenvalue weighted by molar-refractivity contribution is -0.385. The first-order valence-electron chi connectivity index (χ1n) is 4.03. The summed E-state index contributed by atoms with van der Waals surface area (Å²) in [6.07, 6.45) is 0. The second-order valence-corrected chi connectivity index (χ2v) is 2.86. The number of nitro benzene ring substituents is 1. The number of amides is 1. The monoisotopic (exact) mass is 194 g/mol. The summed E-state index contributed by atoms with van der Waals surface area (Å²) in [6.45, 7) is 1.74. The number of hydrogen-bond acceptors (Lipinski definition) is 3. The largest absolute Gasteiger partial charge is 0.355 e. The Morgan fingerprint density at radius 3 is 2.64 bits per heavy atom. The summed E-state index contributed by atoms with van der Waals surface area (Å²) in [6, 6.07) is 4.49. The molecule has 0 fully saturated rings. The molecular formula is C9H10N2O3. The molecule has 0 aromatic heterocycles. The van der Waals surface area contributed by atoms with E-state index in [0.29, 0.717) is 0 Å². The first-order valence-corrected chi connectivity index (χ1v) is 4.03. The van der Waals surface area contributed by atoms with Gasteiger partial charge in [-0.05, 0) is 18.6 Å². The molecule has 0 radical (unpaired) electrons. The van der Waals surface area contributed by atoms with Gasteiger partial charge in [0.25, 0.3) is 11.6 Å². The minimum absolute atomic E-state index is 0.0862. The summed E-state index contributed by atoms with van der Waals surface area (Å²) in [7, 11) is 1.44. The van der Waals surface area contributed by atoms with E-state index >= 15 is 0 Å². The molecule has 74 valence electrons. The van der Waals surface area contributed by atoms with Crippen molar-refractivity contribution in [2.75, 3.05) is 7.05 Å². The van der Waals surface area contributed by atoms with Crippen molar-refractivity contribution in [3.8, 4) is 0 Å². The van der Waals surface area contributed by atoms with E-state index in [0.717, 1.165) is 5.56 Å². The van der Waals surface area contributed by atoms with Crippen molar-refractivity contribution in [3.05, 3.63) is 39.4 Å². The normalized spacial score (nSPS) is 9.57. The SMILES string of the molecule is CNC(=O)c1ccc(C)cc1[N+](=O)[O-]. The highest BCUT2D eigenvalue weighted by molar-refractivity contribution is 5.98. The molecule has 1 aromatic rings. The minimum Gasteiger partial charge on any atom is -0.355 e. The Morgan fingerprint density at radius 1 is 1.50 bits per heavy atom. The summed E-state index contributed by atoms with van der Waals surface area (Å²) in [5, 5.41) is 13.0. The van der Waals surface area contributed by atoms with Crippen LogP contribution in [0.1, 0.15) is 15.9 Å². The van der Waals surface area contributed by atoms with Gasteiger partial charge in [-0.15, -0.1) is 0 Å². The second kappa shape index (κ2) is 3.87. The molecule has 0 bridgehead atoms. The first-order chi connectivity index (χ1) is 6.56. The average Bonchev–Trinajstić information content (AvgIpc) is 2.16. The second-order valence-electron chi connectivity index (χ2n) is 2.86. The van der Waals surface area contributed by atoms with E-state index in [2.05, 4.69) is 5.32 Å². The van der Waals surface area contributed by atoms with Crippen LogP contribution in [0.25, 0.3) is 0 Å². The molecule has 0 spiro atoms. The molecule has 1 rings (SSSR count). The summed E-state index contributed by atoms with van der Waals surface area (Å²) in [5.41, 5.74) is 0.678. The Hall–Kier alpha value is -1.91. The van der Waals surface area contributed by atoms with E-state index < -0.39 is 10.8 Å². The number of carbonyl (C=O) groups is 1. The van der Waals surface area contributed by atoms with Crippen molar-refractivity contribution in [2.24, 2.45) is 0 Å². The van der Waals surface area contributed by atoms with E-state index in [9.17, 15) is 14.9 Å². The lowest BCUT2D eigenvalue weighted by atomic mass is 10.1. The molecule has 0 heterocycles. The number of hydrogen-bond donors (Lipinski definition) is 1. The maximum atomic E-state index is 11.2. The van der Waals surface area contributed by atoms with Crippen molar-refractivity contribution in [1.29, 1.82) is 0 Å². The van der Waals surface area contributed by atoms with Gasteiger partial charge in [0.15, 0.2) is 0 Å². The van der Waals surface area contributed by atoms with Gasteiger partial charge in [0.2, 0.25) is 0 Å². The van der Waals surface area contributed by atoms with Gasteiger partial charge in [-0.25, -0.2) is 0 Å². The minimum atomic E-state index is -0.558. The van der Waals surface area contributed by atoms with Crippen LogP contribution < -0.4 is 5.32 Å². The standard InChI is InChI=1S/C9H10N2O3/c1-6-3-4-7(9(12)10-2)8(5-6)11(13)14/h3-5H,1-2H3,(H,10,12). The molecule has 1 amide bonds. The first kappa shape index (κ1) is 10.2. The van der Waals surface area contributed by atoms with Gasteiger partial charge in [0.1, 0.15) is 5.56 Å². The van der Waals surface area contributed by atoms with Gasteiger partial charge >= 0.3 is 0 Å². The topological polar surface area (TPSA) is 72.2 Å². The van der Waals surface area contributed by atoms with Crippen molar-refractivity contribution in [2.45, 2.75) is 6.92 Å². The molecule has 0 aliphatic carbocycles. The van der Waals surface area contributed by atoms with E-state index in [-0.39, 0.29) is 11.3 Å². The Bertz CT molecular complexity index is 388. The molecule has 0 unspecified atom stereocenters. The molecule has 0 aliphatic heterocycles. The van der Waals surface area contributed by atoms with Crippen molar-refractivity contribution in [1.82, 2.24) is 5.32 Å². The summed E-state index contributed by atoms with van der Waals surface area (Å²) < 4.78 is 0. The molecule has 5 nitrogen and oxygen atoms in total. The highest BCUT2D eigenvalue weighted by atomic mass is 16.6. The van der Waals surface area contributed by atoms with Gasteiger partial charge in [-0.2, -0.15) is 0 Å². The maximum absolute atomic E-state index is 11.2. The van der Waals surface area contributed by atoms with Gasteiger partial charge in [0, 0.05) is 13.1 Å². The van der Waals surface area contributed by atoms with Crippen LogP contribution in [-0.4, -0.2) is 17.9 Å². The molecule has 14 heavy (non-hydrogen) atoms. The Morgan fingerprint density at radius 2 is 2.14 bits per heavy atom. The maximum Gasteiger partial charge on any atom is 0.282 e. The van der Waals surface area contributed by atoms with E-state index in [1.807, 2.05) is 0 Å². The Balaban J connectivity index is 3.28. The zero-order chi connectivity index (χ0) is 10.7. The fraction of sp³-hybridized carbons (Fsp3) is 0.222. The van der Waals surface area contributed by atoms with Crippen LogP contribution in [0.3, 0.4) is 0 Å². The number of aryl methyl sites for hydroxylation is 1. The van der Waals surface area contributed by atoms with Crippen LogP contribution in [-0.2, 0) is 0 Å². The fourth-order valence-corrected chi connectivity index (χ4v) is 1.12. The van der Waals surface area contributed by atoms with Crippen molar-refractivity contribution < 1.29 is 9.72 Å². The molecule has 0 aliphatic rings. The van der Waals surface area contributed by atoms with Crippen molar-refractivity contribution >= 4 is 11.6 Å². The smallest absolute Gasteiger partial charge is 0.282 e. The predicted octanol–water partition coefficient (Wildman–Crippen LogP) is 1.26. The summed E-state index contributed by atoms with van der Waals surface area (Å²) in [4.78, 5) is 21.3. The number of nitrogens with zero attached hydrogens (tertiary/aromatic N) is 1. The zero-order valence-electron chi connectivity index (χ0n) is 7.90. The molecule has 0 saturated carbocycles. The third kappa shape index (κ3) is 1.87. The van der Waals surface area contributed by atoms with Gasteiger partial charge in [-0.3, -0.25) is 14.9 Å². The van der Waals surface area contributed by atoms with Gasteiger partial charge < -0.3 is 5.32 Å². The van der Waals surface area contributed by atoms with Crippen LogP contribution in [0.4, 0.5) is 5.69 Å². The van der Waals surface area contributed by atoms with Crippen LogP contribution in [0, 0.1) is 17.0 Å². The lowest BCUT2D eigenvalue weighted by Crippen LogP contribution is -2.19. The van der Waals surface area contributed by atoms with Gasteiger partial charge in [0.05, 0.1) is 4.92 Å². The average molecular weight is 194 g/mol. The summed E-state index contributed by atoms with van der Waals surface area (Å²) >= 11 is 0. The molecule has 0 atom stereocenters. The predicted molar refractivity (Wildman–Crippen MR) is 51.2 cm³/mol. The van der Waals surface area contributed by atoms with Crippen LogP contribution in [0.5, 0.6) is 0 Å². The van der Waals surface area contributed by atoms with Gasteiger partial charge in [-0.1, -0.05) is 6.07 Å². The molecule has 0 saturated heterocycles. The number of carbonyl (C=O) groups excluding carboxylic acids is 1.